The van der Waals surface area contributed by atoms with Gasteiger partial charge in [0.2, 0.25) is 0 Å². The zero-order valence-electron chi connectivity index (χ0n) is 6.36. The minimum atomic E-state index is -4.46. The number of carbonyl (C=O) groups excluding carboxylic acids is 1. The molecule has 0 aliphatic carbocycles. The van der Waals surface area contributed by atoms with E-state index in [2.05, 4.69) is 16.6 Å². The number of esters is 1. The van der Waals surface area contributed by atoms with Crippen LogP contribution in [0.4, 0.5) is 13.2 Å². The molecule has 0 atom stereocenters. The van der Waals surface area contributed by atoms with Gasteiger partial charge < -0.3 is 4.74 Å². The molecule has 0 saturated heterocycles. The second-order valence-corrected chi connectivity index (χ2v) is 1.88. The molecule has 0 aromatic heterocycles. The fourth-order valence-corrected chi connectivity index (χ4v) is 0.374. The quantitative estimate of drug-likeness (QED) is 0.475. The Bertz CT molecular complexity index is 209. The van der Waals surface area contributed by atoms with E-state index in [1.54, 1.807) is 0 Å². The van der Waals surface area contributed by atoms with Crippen molar-refractivity contribution in [3.63, 3.8) is 0 Å². The van der Waals surface area contributed by atoms with E-state index >= 15 is 0 Å². The Morgan fingerprint density at radius 3 is 2.50 bits per heavy atom. The van der Waals surface area contributed by atoms with Crippen molar-refractivity contribution in [2.45, 2.75) is 19.5 Å². The number of rotatable bonds is 2. The molecule has 2 nitrogen and oxygen atoms in total. The van der Waals surface area contributed by atoms with Gasteiger partial charge in [0.05, 0.1) is 0 Å². The number of ether oxygens (including phenoxy) is 1. The van der Waals surface area contributed by atoms with Gasteiger partial charge in [-0.3, -0.25) is 4.79 Å². The molecule has 0 amide bonds. The molecule has 0 saturated carbocycles. The van der Waals surface area contributed by atoms with Crippen molar-refractivity contribution in [1.82, 2.24) is 0 Å². The van der Waals surface area contributed by atoms with Crippen LogP contribution < -0.4 is 0 Å². The Morgan fingerprint density at radius 2 is 2.08 bits per heavy atom. The Hall–Kier alpha value is -1.18. The molecule has 0 aliphatic heterocycles. The van der Waals surface area contributed by atoms with E-state index in [1.165, 1.54) is 6.92 Å². The highest BCUT2D eigenvalue weighted by molar-refractivity contribution is 5.72. The summed E-state index contributed by atoms with van der Waals surface area (Å²) in [6, 6.07) is 0. The molecular weight excluding hydrogens is 173 g/mol. The maximum absolute atomic E-state index is 11.4. The van der Waals surface area contributed by atoms with Gasteiger partial charge in [-0.05, 0) is 6.92 Å². The molecule has 0 aromatic rings. The van der Waals surface area contributed by atoms with Crippen LogP contribution >= 0.6 is 0 Å². The second-order valence-electron chi connectivity index (χ2n) is 1.88. The predicted octanol–water partition coefficient (Wildman–Crippen LogP) is 1.51. The molecular formula is C7H7F3O2. The lowest BCUT2D eigenvalue weighted by atomic mass is 10.4. The molecule has 0 N–H and O–H groups in total. The van der Waals surface area contributed by atoms with Crippen LogP contribution in [0, 0.1) is 11.8 Å². The molecule has 68 valence electrons. The summed E-state index contributed by atoms with van der Waals surface area (Å²) in [5.74, 6) is 3.70. The van der Waals surface area contributed by atoms with Crippen LogP contribution in [0.5, 0.6) is 0 Å². The average Bonchev–Trinajstić information content (AvgIpc) is 1.95. The maximum atomic E-state index is 11.4. The fraction of sp³-hybridized carbons (Fsp3) is 0.571. The maximum Gasteiger partial charge on any atom is 0.422 e. The molecule has 0 fully saturated rings. The number of alkyl halides is 3. The Kier molecular flexibility index (Phi) is 4.19. The highest BCUT2D eigenvalue weighted by Crippen LogP contribution is 2.14. The van der Waals surface area contributed by atoms with Gasteiger partial charge in [0.15, 0.2) is 6.61 Å². The van der Waals surface area contributed by atoms with E-state index < -0.39 is 18.8 Å². The third-order valence-corrected chi connectivity index (χ3v) is 0.806. The van der Waals surface area contributed by atoms with Gasteiger partial charge in [-0.15, -0.1) is 5.92 Å². The third-order valence-electron chi connectivity index (χ3n) is 0.806. The van der Waals surface area contributed by atoms with Crippen molar-refractivity contribution in [3.8, 4) is 11.8 Å². The van der Waals surface area contributed by atoms with Crippen LogP contribution in [0.2, 0.25) is 0 Å². The largest absolute Gasteiger partial charge is 0.455 e. The van der Waals surface area contributed by atoms with Crippen molar-refractivity contribution in [1.29, 1.82) is 0 Å². The van der Waals surface area contributed by atoms with Gasteiger partial charge >= 0.3 is 12.1 Å². The molecule has 0 spiro atoms. The molecule has 0 aliphatic rings. The van der Waals surface area contributed by atoms with Crippen molar-refractivity contribution in [3.05, 3.63) is 0 Å². The van der Waals surface area contributed by atoms with Crippen LogP contribution in [-0.4, -0.2) is 18.8 Å². The summed E-state index contributed by atoms with van der Waals surface area (Å²) < 4.78 is 38.1. The average molecular weight is 180 g/mol. The minimum absolute atomic E-state index is 0.299. The zero-order valence-corrected chi connectivity index (χ0v) is 6.36. The van der Waals surface area contributed by atoms with E-state index in [0.717, 1.165) is 0 Å². The standard InChI is InChI=1S/C7H7F3O2/c1-2-3-4-6(11)12-5-7(8,9)10/h4-5H2,1H3. The Morgan fingerprint density at radius 1 is 1.50 bits per heavy atom. The smallest absolute Gasteiger partial charge is 0.422 e. The molecule has 0 heterocycles. The summed E-state index contributed by atoms with van der Waals surface area (Å²) in [6.07, 6.45) is -4.76. The lowest BCUT2D eigenvalue weighted by Crippen LogP contribution is -2.19. The van der Waals surface area contributed by atoms with Gasteiger partial charge in [0.25, 0.3) is 0 Å². The monoisotopic (exact) mass is 180 g/mol. The first-order chi connectivity index (χ1) is 5.45. The van der Waals surface area contributed by atoms with Gasteiger partial charge in [-0.25, -0.2) is 0 Å². The van der Waals surface area contributed by atoms with Gasteiger partial charge in [0.1, 0.15) is 6.42 Å². The van der Waals surface area contributed by atoms with Crippen LogP contribution in [0.15, 0.2) is 0 Å². The molecule has 0 bridgehead atoms. The number of hydrogen-bond acceptors (Lipinski definition) is 2. The van der Waals surface area contributed by atoms with Crippen LogP contribution in [0.3, 0.4) is 0 Å². The number of halogens is 3. The summed E-state index contributed by atoms with van der Waals surface area (Å²) in [4.78, 5) is 10.4. The molecule has 5 heteroatoms. The summed E-state index contributed by atoms with van der Waals surface area (Å²) >= 11 is 0. The first-order valence-electron chi connectivity index (χ1n) is 3.07. The van der Waals surface area contributed by atoms with Gasteiger partial charge in [-0.2, -0.15) is 13.2 Å². The van der Waals surface area contributed by atoms with Crippen molar-refractivity contribution in [2.75, 3.05) is 6.61 Å². The highest BCUT2D eigenvalue weighted by atomic mass is 19.4. The van der Waals surface area contributed by atoms with E-state index in [9.17, 15) is 18.0 Å². The molecule has 12 heavy (non-hydrogen) atoms. The number of hydrogen-bond donors (Lipinski definition) is 0. The summed E-state index contributed by atoms with van der Waals surface area (Å²) in [5, 5.41) is 0. The number of carbonyl (C=O) groups is 1. The lowest BCUT2D eigenvalue weighted by Gasteiger charge is -2.05. The van der Waals surface area contributed by atoms with Crippen molar-refractivity contribution in [2.24, 2.45) is 0 Å². The van der Waals surface area contributed by atoms with Gasteiger partial charge in [0, 0.05) is 0 Å². The van der Waals surface area contributed by atoms with E-state index in [4.69, 9.17) is 0 Å². The topological polar surface area (TPSA) is 26.3 Å². The Balaban J connectivity index is 3.63. The normalized spacial score (nSPS) is 10.0. The first-order valence-corrected chi connectivity index (χ1v) is 3.07. The second kappa shape index (κ2) is 4.65. The molecule has 0 rings (SSSR count). The summed E-state index contributed by atoms with van der Waals surface area (Å²) in [7, 11) is 0. The highest BCUT2D eigenvalue weighted by Gasteiger charge is 2.29. The van der Waals surface area contributed by atoms with E-state index in [-0.39, 0.29) is 6.42 Å². The third kappa shape index (κ3) is 6.93. The summed E-state index contributed by atoms with van der Waals surface area (Å²) in [5.41, 5.74) is 0. The molecule has 0 aromatic carbocycles. The minimum Gasteiger partial charge on any atom is -0.455 e. The van der Waals surface area contributed by atoms with E-state index in [1.807, 2.05) is 0 Å². The Labute approximate surface area is 67.7 Å². The predicted molar refractivity (Wildman–Crippen MR) is 35.1 cm³/mol. The molecule has 0 radical (unpaired) electrons. The fourth-order valence-electron chi connectivity index (χ4n) is 0.374. The van der Waals surface area contributed by atoms with Crippen LogP contribution in [-0.2, 0) is 9.53 Å². The SMILES string of the molecule is CC#CCC(=O)OCC(F)(F)F. The lowest BCUT2D eigenvalue weighted by molar-refractivity contribution is -0.185. The van der Waals surface area contributed by atoms with E-state index in [0.29, 0.717) is 0 Å². The first kappa shape index (κ1) is 10.8. The van der Waals surface area contributed by atoms with Gasteiger partial charge in [-0.1, -0.05) is 5.92 Å². The van der Waals surface area contributed by atoms with Crippen molar-refractivity contribution >= 4 is 5.97 Å². The van der Waals surface area contributed by atoms with Crippen LogP contribution in [0.25, 0.3) is 0 Å². The summed E-state index contributed by atoms with van der Waals surface area (Å²) in [6.45, 7) is -0.0612. The van der Waals surface area contributed by atoms with Crippen LogP contribution in [0.1, 0.15) is 13.3 Å². The zero-order chi connectivity index (χ0) is 9.61. The van der Waals surface area contributed by atoms with Crippen molar-refractivity contribution < 1.29 is 22.7 Å². The molecule has 0 unspecified atom stereocenters.